The molecule has 1 fully saturated rings. The summed E-state index contributed by atoms with van der Waals surface area (Å²) in [7, 11) is 0. The highest BCUT2D eigenvalue weighted by Gasteiger charge is 2.21. The van der Waals surface area contributed by atoms with Crippen molar-refractivity contribution in [3.05, 3.63) is 89.6 Å². The lowest BCUT2D eigenvalue weighted by atomic mass is 10.1. The van der Waals surface area contributed by atoms with E-state index in [2.05, 4.69) is 10.2 Å². The fourth-order valence-electron chi connectivity index (χ4n) is 4.16. The fraction of sp³-hybridized carbons (Fsp3) is 0.333. The molecule has 0 radical (unpaired) electrons. The van der Waals surface area contributed by atoms with Crippen molar-refractivity contribution in [1.82, 2.24) is 10.2 Å². The maximum absolute atomic E-state index is 13.3. The van der Waals surface area contributed by atoms with Crippen molar-refractivity contribution in [2.75, 3.05) is 31.1 Å². The summed E-state index contributed by atoms with van der Waals surface area (Å²) in [5.74, 6) is -0.414. The molecule has 0 spiro atoms. The number of hydrogen-bond donors (Lipinski definition) is 1. The third-order valence-corrected chi connectivity index (χ3v) is 6.04. The summed E-state index contributed by atoms with van der Waals surface area (Å²) in [6.07, 6.45) is 5.51. The van der Waals surface area contributed by atoms with Crippen LogP contribution in [0.1, 0.15) is 40.9 Å². The van der Waals surface area contributed by atoms with Crippen LogP contribution in [0.3, 0.4) is 0 Å². The van der Waals surface area contributed by atoms with E-state index in [1.165, 1.54) is 37.7 Å². The minimum atomic E-state index is -0.328. The molecule has 178 valence electrons. The van der Waals surface area contributed by atoms with Gasteiger partial charge >= 0.3 is 0 Å². The largest absolute Gasteiger partial charge is 0.459 e. The minimum Gasteiger partial charge on any atom is -0.459 e. The van der Waals surface area contributed by atoms with Crippen molar-refractivity contribution in [2.45, 2.75) is 32.2 Å². The van der Waals surface area contributed by atoms with Crippen molar-refractivity contribution in [3.8, 4) is 0 Å². The van der Waals surface area contributed by atoms with Gasteiger partial charge in [0.2, 0.25) is 5.91 Å². The van der Waals surface area contributed by atoms with Crippen molar-refractivity contribution in [2.24, 2.45) is 0 Å². The second kappa shape index (κ2) is 11.6. The average Bonchev–Trinajstić information content (AvgIpc) is 3.40. The van der Waals surface area contributed by atoms with Crippen LogP contribution in [0, 0.1) is 5.82 Å². The van der Waals surface area contributed by atoms with Gasteiger partial charge in [0.15, 0.2) is 5.76 Å². The predicted octanol–water partition coefficient (Wildman–Crippen LogP) is 4.41. The maximum atomic E-state index is 13.3. The van der Waals surface area contributed by atoms with Crippen LogP contribution in [0.15, 0.2) is 71.3 Å². The number of nitrogens with one attached hydrogen (secondary N) is 1. The highest BCUT2D eigenvalue weighted by Crippen LogP contribution is 2.22. The van der Waals surface area contributed by atoms with Gasteiger partial charge in [0.1, 0.15) is 5.82 Å². The Hall–Kier alpha value is -3.45. The monoisotopic (exact) mass is 463 g/mol. The molecule has 6 nitrogen and oxygen atoms in total. The van der Waals surface area contributed by atoms with E-state index in [-0.39, 0.29) is 36.4 Å². The Balaban J connectivity index is 1.38. The van der Waals surface area contributed by atoms with Gasteiger partial charge in [0, 0.05) is 18.8 Å². The number of carbonyl (C=O) groups is 2. The molecule has 3 aromatic rings. The molecule has 1 aliphatic rings. The molecule has 1 N–H and O–H groups in total. The standard InChI is InChI=1S/C27H30FN3O3/c28-23-10-6-22(7-11-23)20-31(27(33)25-5-4-18-34-25)24-12-8-21(9-13-24)19-26(32)29-14-17-30-15-2-1-3-16-30/h4-13,18H,1-3,14-17,19-20H2,(H,29,32). The molecule has 1 aromatic heterocycles. The van der Waals surface area contributed by atoms with Gasteiger partial charge in [-0.25, -0.2) is 4.39 Å². The van der Waals surface area contributed by atoms with Gasteiger partial charge in [-0.2, -0.15) is 0 Å². The van der Waals surface area contributed by atoms with Gasteiger partial charge in [-0.15, -0.1) is 0 Å². The summed E-state index contributed by atoms with van der Waals surface area (Å²) < 4.78 is 18.6. The van der Waals surface area contributed by atoms with Crippen LogP contribution < -0.4 is 10.2 Å². The number of halogens is 1. The topological polar surface area (TPSA) is 65.8 Å². The zero-order valence-electron chi connectivity index (χ0n) is 19.2. The summed E-state index contributed by atoms with van der Waals surface area (Å²) >= 11 is 0. The van der Waals surface area contributed by atoms with Crippen LogP contribution in [0.2, 0.25) is 0 Å². The van der Waals surface area contributed by atoms with E-state index in [1.807, 2.05) is 24.3 Å². The van der Waals surface area contributed by atoms with Gasteiger partial charge in [0.25, 0.3) is 5.91 Å². The first kappa shape index (κ1) is 23.7. The molecule has 0 saturated carbocycles. The van der Waals surface area contributed by atoms with Crippen LogP contribution in [0.5, 0.6) is 0 Å². The number of benzene rings is 2. The second-order valence-electron chi connectivity index (χ2n) is 8.59. The number of nitrogens with zero attached hydrogens (tertiary/aromatic N) is 2. The number of likely N-dealkylation sites (tertiary alicyclic amines) is 1. The van der Waals surface area contributed by atoms with E-state index in [9.17, 15) is 14.0 Å². The van der Waals surface area contributed by atoms with Crippen molar-refractivity contribution in [1.29, 1.82) is 0 Å². The first-order chi connectivity index (χ1) is 16.6. The van der Waals surface area contributed by atoms with Crippen LogP contribution in [0.25, 0.3) is 0 Å². The van der Waals surface area contributed by atoms with E-state index >= 15 is 0 Å². The van der Waals surface area contributed by atoms with Crippen molar-refractivity contribution < 1.29 is 18.4 Å². The molecule has 2 aromatic carbocycles. The number of amides is 2. The highest BCUT2D eigenvalue weighted by atomic mass is 19.1. The summed E-state index contributed by atoms with van der Waals surface area (Å²) in [5, 5.41) is 3.00. The molecule has 0 atom stereocenters. The summed E-state index contributed by atoms with van der Waals surface area (Å²) in [4.78, 5) is 29.4. The van der Waals surface area contributed by atoms with Gasteiger partial charge < -0.3 is 19.5 Å². The Morgan fingerprint density at radius 3 is 2.32 bits per heavy atom. The quantitative estimate of drug-likeness (QED) is 0.511. The number of piperidine rings is 1. The predicted molar refractivity (Wildman–Crippen MR) is 129 cm³/mol. The van der Waals surface area contributed by atoms with Gasteiger partial charge in [0.05, 0.1) is 19.2 Å². The number of anilines is 1. The Kier molecular flexibility index (Phi) is 8.09. The van der Waals surface area contributed by atoms with Crippen LogP contribution in [0.4, 0.5) is 10.1 Å². The lowest BCUT2D eigenvalue weighted by Crippen LogP contribution is -2.38. The van der Waals surface area contributed by atoms with Crippen molar-refractivity contribution in [3.63, 3.8) is 0 Å². The van der Waals surface area contributed by atoms with E-state index in [4.69, 9.17) is 4.42 Å². The van der Waals surface area contributed by atoms with Crippen LogP contribution in [-0.2, 0) is 17.8 Å². The summed E-state index contributed by atoms with van der Waals surface area (Å²) in [6, 6.07) is 16.7. The van der Waals surface area contributed by atoms with Gasteiger partial charge in [-0.3, -0.25) is 9.59 Å². The second-order valence-corrected chi connectivity index (χ2v) is 8.59. The first-order valence-corrected chi connectivity index (χ1v) is 11.8. The van der Waals surface area contributed by atoms with E-state index < -0.39 is 0 Å². The van der Waals surface area contributed by atoms with Crippen LogP contribution in [-0.4, -0.2) is 42.9 Å². The molecule has 1 saturated heterocycles. The highest BCUT2D eigenvalue weighted by molar-refractivity contribution is 6.04. The number of hydrogen-bond acceptors (Lipinski definition) is 4. The Bertz CT molecular complexity index is 1060. The van der Waals surface area contributed by atoms with Gasteiger partial charge in [-0.05, 0) is 73.5 Å². The van der Waals surface area contributed by atoms with Gasteiger partial charge in [-0.1, -0.05) is 30.7 Å². The molecular formula is C27H30FN3O3. The molecule has 0 aliphatic carbocycles. The van der Waals surface area contributed by atoms with E-state index in [0.29, 0.717) is 12.2 Å². The normalized spacial score (nSPS) is 14.0. The smallest absolute Gasteiger partial charge is 0.294 e. The van der Waals surface area contributed by atoms with Crippen molar-refractivity contribution >= 4 is 17.5 Å². The third kappa shape index (κ3) is 6.54. The van der Waals surface area contributed by atoms with E-state index in [1.54, 1.807) is 29.2 Å². The van der Waals surface area contributed by atoms with Crippen LogP contribution >= 0.6 is 0 Å². The molecule has 2 heterocycles. The molecule has 1 aliphatic heterocycles. The fourth-order valence-corrected chi connectivity index (χ4v) is 4.16. The molecule has 34 heavy (non-hydrogen) atoms. The molecule has 2 amide bonds. The average molecular weight is 464 g/mol. The summed E-state index contributed by atoms with van der Waals surface area (Å²) in [5.41, 5.74) is 2.32. The number of rotatable bonds is 9. The van der Waals surface area contributed by atoms with E-state index in [0.717, 1.165) is 30.8 Å². The zero-order valence-corrected chi connectivity index (χ0v) is 19.2. The Labute approximate surface area is 199 Å². The molecule has 0 bridgehead atoms. The number of carbonyl (C=O) groups excluding carboxylic acids is 2. The Morgan fingerprint density at radius 2 is 1.65 bits per heavy atom. The summed E-state index contributed by atoms with van der Waals surface area (Å²) in [6.45, 7) is 4.03. The zero-order chi connectivity index (χ0) is 23.8. The molecule has 0 unspecified atom stereocenters. The Morgan fingerprint density at radius 1 is 0.941 bits per heavy atom. The number of furan rings is 1. The molecule has 4 rings (SSSR count). The molecule has 7 heteroatoms. The maximum Gasteiger partial charge on any atom is 0.294 e. The lowest BCUT2D eigenvalue weighted by Gasteiger charge is -2.26. The SMILES string of the molecule is O=C(Cc1ccc(N(Cc2ccc(F)cc2)C(=O)c2ccco2)cc1)NCCN1CCCCC1. The third-order valence-electron chi connectivity index (χ3n) is 6.04. The first-order valence-electron chi connectivity index (χ1n) is 11.8. The molecular weight excluding hydrogens is 433 g/mol. The minimum absolute atomic E-state index is 0.0143. The lowest BCUT2D eigenvalue weighted by molar-refractivity contribution is -0.120.